The molecule has 0 unspecified atom stereocenters. The third-order valence-corrected chi connectivity index (χ3v) is 4.94. The van der Waals surface area contributed by atoms with E-state index in [0.29, 0.717) is 45.9 Å². The molecule has 0 aliphatic rings. The summed E-state index contributed by atoms with van der Waals surface area (Å²) in [6.07, 6.45) is 0.557. The first kappa shape index (κ1) is 23.1. The molecule has 0 radical (unpaired) electrons. The molecule has 4 heterocycles. The fourth-order valence-corrected chi connectivity index (χ4v) is 3.43. The Hall–Kier alpha value is -4.09. The van der Waals surface area contributed by atoms with Gasteiger partial charge in [0.1, 0.15) is 23.9 Å². The number of aromatic nitrogens is 6. The van der Waals surface area contributed by atoms with Gasteiger partial charge in [-0.05, 0) is 12.0 Å². The number of amides is 1. The lowest BCUT2D eigenvalue weighted by molar-refractivity contribution is -0.114. The van der Waals surface area contributed by atoms with Crippen molar-refractivity contribution in [2.75, 3.05) is 10.6 Å². The van der Waals surface area contributed by atoms with Crippen LogP contribution >= 0.6 is 0 Å². The number of carbonyl (C=O) groups excluding carboxylic acids is 1. The standard InChI is InChI=1S/C22H24F2N8O2/c1-12(2)16-9-20(30-32(16)11-18(23)24)28-22-29-21-17(31(22)4)7-15(10-26-21)34-14-5-6-25-19(8-14)27-13(3)33/h5-10,12,18H,11H2,1-4H3,(H,25,27,33)(H,26,28,29,30). The highest BCUT2D eigenvalue weighted by Crippen LogP contribution is 2.28. The van der Waals surface area contributed by atoms with Crippen LogP contribution in [-0.4, -0.2) is 41.6 Å². The number of carbonyl (C=O) groups is 1. The summed E-state index contributed by atoms with van der Waals surface area (Å²) in [6, 6.07) is 6.77. The topological polar surface area (TPSA) is 112 Å². The fraction of sp³-hybridized carbons (Fsp3) is 0.318. The van der Waals surface area contributed by atoms with Gasteiger partial charge in [-0.1, -0.05) is 13.8 Å². The summed E-state index contributed by atoms with van der Waals surface area (Å²) in [4.78, 5) is 24.1. The lowest BCUT2D eigenvalue weighted by atomic mass is 10.1. The van der Waals surface area contributed by atoms with E-state index in [1.807, 2.05) is 13.8 Å². The molecule has 0 saturated heterocycles. The molecule has 4 aromatic rings. The second-order valence-electron chi connectivity index (χ2n) is 7.98. The van der Waals surface area contributed by atoms with Gasteiger partial charge in [-0.25, -0.2) is 18.7 Å². The van der Waals surface area contributed by atoms with Gasteiger partial charge in [0.2, 0.25) is 11.9 Å². The molecular formula is C22H24F2N8O2. The Morgan fingerprint density at radius 2 is 1.94 bits per heavy atom. The van der Waals surface area contributed by atoms with Gasteiger partial charge in [-0.2, -0.15) is 10.1 Å². The molecule has 4 aromatic heterocycles. The second-order valence-corrected chi connectivity index (χ2v) is 7.98. The lowest BCUT2D eigenvalue weighted by Gasteiger charge is -2.08. The van der Waals surface area contributed by atoms with Crippen molar-refractivity contribution in [1.82, 2.24) is 29.3 Å². The van der Waals surface area contributed by atoms with Crippen LogP contribution in [0.3, 0.4) is 0 Å². The predicted molar refractivity (Wildman–Crippen MR) is 123 cm³/mol. The summed E-state index contributed by atoms with van der Waals surface area (Å²) in [7, 11) is 1.80. The molecule has 178 valence electrons. The number of anilines is 3. The summed E-state index contributed by atoms with van der Waals surface area (Å²) in [5.74, 6) is 1.98. The molecule has 0 fully saturated rings. The Balaban J connectivity index is 1.58. The van der Waals surface area contributed by atoms with Gasteiger partial charge in [-0.15, -0.1) is 0 Å². The number of ether oxygens (including phenoxy) is 1. The molecule has 12 heteroatoms. The van der Waals surface area contributed by atoms with E-state index in [4.69, 9.17) is 4.74 Å². The highest BCUT2D eigenvalue weighted by atomic mass is 19.3. The average Bonchev–Trinajstić information content (AvgIpc) is 3.28. The molecule has 4 rings (SSSR count). The van der Waals surface area contributed by atoms with E-state index in [1.165, 1.54) is 24.0 Å². The van der Waals surface area contributed by atoms with Crippen molar-refractivity contribution in [3.8, 4) is 11.5 Å². The predicted octanol–water partition coefficient (Wildman–Crippen LogP) is 4.44. The number of hydrogen-bond acceptors (Lipinski definition) is 7. The maximum atomic E-state index is 12.9. The molecular weight excluding hydrogens is 446 g/mol. The number of halogens is 2. The minimum absolute atomic E-state index is 0.0305. The molecule has 0 aliphatic heterocycles. The monoisotopic (exact) mass is 470 g/mol. The summed E-state index contributed by atoms with van der Waals surface area (Å²) in [5, 5.41) is 9.96. The number of pyridine rings is 2. The fourth-order valence-electron chi connectivity index (χ4n) is 3.43. The summed E-state index contributed by atoms with van der Waals surface area (Å²) in [5.41, 5.74) is 1.86. The smallest absolute Gasteiger partial charge is 0.257 e. The number of alkyl halides is 2. The van der Waals surface area contributed by atoms with Gasteiger partial charge in [0, 0.05) is 44.1 Å². The van der Waals surface area contributed by atoms with Crippen molar-refractivity contribution in [2.24, 2.45) is 7.05 Å². The van der Waals surface area contributed by atoms with Crippen LogP contribution in [-0.2, 0) is 18.4 Å². The van der Waals surface area contributed by atoms with Crippen molar-refractivity contribution in [3.05, 3.63) is 42.4 Å². The molecule has 0 aromatic carbocycles. The quantitative estimate of drug-likeness (QED) is 0.391. The number of hydrogen-bond donors (Lipinski definition) is 2. The molecule has 0 bridgehead atoms. The third kappa shape index (κ3) is 5.11. The van der Waals surface area contributed by atoms with Crippen LogP contribution in [0.2, 0.25) is 0 Å². The van der Waals surface area contributed by atoms with Crippen molar-refractivity contribution in [2.45, 2.75) is 39.7 Å². The Morgan fingerprint density at radius 1 is 1.15 bits per heavy atom. The zero-order chi connectivity index (χ0) is 24.4. The van der Waals surface area contributed by atoms with Crippen LogP contribution in [0.4, 0.5) is 26.4 Å². The van der Waals surface area contributed by atoms with Crippen LogP contribution in [0.25, 0.3) is 11.2 Å². The molecule has 2 N–H and O–H groups in total. The molecule has 10 nitrogen and oxygen atoms in total. The first-order valence-electron chi connectivity index (χ1n) is 10.6. The van der Waals surface area contributed by atoms with Crippen LogP contribution in [0.15, 0.2) is 36.7 Å². The van der Waals surface area contributed by atoms with Gasteiger partial charge >= 0.3 is 0 Å². The summed E-state index contributed by atoms with van der Waals surface area (Å²) >= 11 is 0. The van der Waals surface area contributed by atoms with E-state index in [1.54, 1.807) is 35.9 Å². The SMILES string of the molecule is CC(=O)Nc1cc(Oc2cnc3nc(Nc4cc(C(C)C)n(CC(F)F)n4)n(C)c3c2)ccn1. The minimum Gasteiger partial charge on any atom is -0.455 e. The molecule has 0 atom stereocenters. The number of nitrogens with zero attached hydrogens (tertiary/aromatic N) is 6. The molecule has 1 amide bonds. The van der Waals surface area contributed by atoms with Gasteiger partial charge in [0.05, 0.1) is 11.7 Å². The van der Waals surface area contributed by atoms with E-state index < -0.39 is 13.0 Å². The lowest BCUT2D eigenvalue weighted by Crippen LogP contribution is -2.12. The van der Waals surface area contributed by atoms with Gasteiger partial charge in [0.25, 0.3) is 6.43 Å². The maximum Gasteiger partial charge on any atom is 0.257 e. The van der Waals surface area contributed by atoms with Gasteiger partial charge in [0.15, 0.2) is 11.5 Å². The van der Waals surface area contributed by atoms with Crippen molar-refractivity contribution in [3.63, 3.8) is 0 Å². The number of rotatable bonds is 8. The molecule has 0 spiro atoms. The van der Waals surface area contributed by atoms with Crippen molar-refractivity contribution < 1.29 is 18.3 Å². The van der Waals surface area contributed by atoms with Crippen LogP contribution in [0.1, 0.15) is 32.4 Å². The number of aryl methyl sites for hydroxylation is 1. The van der Waals surface area contributed by atoms with E-state index in [-0.39, 0.29) is 11.8 Å². The Bertz CT molecular complexity index is 1330. The highest BCUT2D eigenvalue weighted by Gasteiger charge is 2.17. The number of imidazole rings is 1. The van der Waals surface area contributed by atoms with E-state index in [0.717, 1.165) is 0 Å². The van der Waals surface area contributed by atoms with Crippen molar-refractivity contribution >= 4 is 34.7 Å². The van der Waals surface area contributed by atoms with Crippen molar-refractivity contribution in [1.29, 1.82) is 0 Å². The summed E-state index contributed by atoms with van der Waals surface area (Å²) in [6.45, 7) is 4.77. The Morgan fingerprint density at radius 3 is 2.65 bits per heavy atom. The summed E-state index contributed by atoms with van der Waals surface area (Å²) < 4.78 is 34.8. The number of fused-ring (bicyclic) bond motifs is 1. The largest absolute Gasteiger partial charge is 0.455 e. The normalized spacial score (nSPS) is 11.4. The van der Waals surface area contributed by atoms with Gasteiger partial charge < -0.3 is 19.9 Å². The minimum atomic E-state index is -2.50. The van der Waals surface area contributed by atoms with Gasteiger partial charge in [-0.3, -0.25) is 9.48 Å². The zero-order valence-corrected chi connectivity index (χ0v) is 19.1. The average molecular weight is 470 g/mol. The van der Waals surface area contributed by atoms with E-state index in [2.05, 4.69) is 30.7 Å². The van der Waals surface area contributed by atoms with Crippen LogP contribution in [0, 0.1) is 0 Å². The van der Waals surface area contributed by atoms with Crippen LogP contribution in [0.5, 0.6) is 11.5 Å². The van der Waals surface area contributed by atoms with Crippen LogP contribution < -0.4 is 15.4 Å². The second kappa shape index (κ2) is 9.41. The molecule has 34 heavy (non-hydrogen) atoms. The Kier molecular flexibility index (Phi) is 6.39. The zero-order valence-electron chi connectivity index (χ0n) is 19.1. The first-order valence-corrected chi connectivity index (χ1v) is 10.6. The maximum absolute atomic E-state index is 12.9. The molecule has 0 saturated carbocycles. The number of nitrogens with one attached hydrogen (secondary N) is 2. The van der Waals surface area contributed by atoms with E-state index in [9.17, 15) is 13.6 Å². The van der Waals surface area contributed by atoms with E-state index >= 15 is 0 Å². The Labute approximate surface area is 194 Å². The molecule has 0 aliphatic carbocycles. The first-order chi connectivity index (χ1) is 16.2. The highest BCUT2D eigenvalue weighted by molar-refractivity contribution is 5.87. The third-order valence-electron chi connectivity index (χ3n) is 4.94.